The molecule has 2 heterocycles. The number of nitrogens with one attached hydrogen (secondary N) is 4. The molecule has 0 spiro atoms. The van der Waals surface area contributed by atoms with Crippen molar-refractivity contribution < 1.29 is 9.59 Å². The Balaban J connectivity index is 1.45. The normalized spacial score (nSPS) is 13.2. The highest BCUT2D eigenvalue weighted by atomic mass is 16.2. The van der Waals surface area contributed by atoms with Gasteiger partial charge in [-0.15, -0.1) is 0 Å². The van der Waals surface area contributed by atoms with Crippen LogP contribution in [0.25, 0.3) is 33.5 Å². The number of amides is 3. The van der Waals surface area contributed by atoms with Crippen molar-refractivity contribution in [1.29, 1.82) is 0 Å². The lowest BCUT2D eigenvalue weighted by Gasteiger charge is -2.09. The maximum atomic E-state index is 13.0. The number of nitrogens with zero attached hydrogens (tertiary/aromatic N) is 3. The Kier molecular flexibility index (Phi) is 5.06. The van der Waals surface area contributed by atoms with Crippen molar-refractivity contribution in [3.8, 4) is 22.6 Å². The van der Waals surface area contributed by atoms with Crippen LogP contribution in [-0.4, -0.2) is 38.2 Å². The maximum Gasteiger partial charge on any atom is 0.333 e. The van der Waals surface area contributed by atoms with Gasteiger partial charge in [0.25, 0.3) is 5.91 Å². The average molecular weight is 429 g/mol. The summed E-state index contributed by atoms with van der Waals surface area (Å²) in [5.41, 5.74) is 8.18. The minimum absolute atomic E-state index is 0.257. The Hall–Kier alpha value is -4.14. The minimum Gasteiger partial charge on any atom is -0.336 e. The maximum absolute atomic E-state index is 13.0. The highest BCUT2D eigenvalue weighted by Crippen LogP contribution is 2.29. The molecule has 0 saturated heterocycles. The predicted octanol–water partition coefficient (Wildman–Crippen LogP) is 2.98. The molecule has 1 aliphatic carbocycles. The number of imidazole rings is 1. The van der Waals surface area contributed by atoms with Crippen molar-refractivity contribution in [2.45, 2.75) is 12.8 Å². The molecule has 1 aliphatic rings. The Morgan fingerprint density at radius 3 is 2.69 bits per heavy atom. The zero-order chi connectivity index (χ0) is 22.1. The number of rotatable bonds is 5. The van der Waals surface area contributed by atoms with Crippen LogP contribution in [0.2, 0.25) is 0 Å². The first-order valence-electron chi connectivity index (χ1n) is 10.5. The van der Waals surface area contributed by atoms with Crippen LogP contribution in [0, 0.1) is 5.92 Å². The van der Waals surface area contributed by atoms with Crippen molar-refractivity contribution in [1.82, 2.24) is 35.9 Å². The molecule has 32 heavy (non-hydrogen) atoms. The number of H-pyrrole nitrogens is 1. The van der Waals surface area contributed by atoms with E-state index in [4.69, 9.17) is 4.98 Å². The number of hydrogen-bond acceptors (Lipinski definition) is 4. The third-order valence-corrected chi connectivity index (χ3v) is 5.54. The Labute approximate surface area is 184 Å². The third-order valence-electron chi connectivity index (χ3n) is 5.54. The predicted molar refractivity (Wildman–Crippen MR) is 120 cm³/mol. The fraction of sp³-hybridized carbons (Fsp3) is 0.217. The summed E-state index contributed by atoms with van der Waals surface area (Å²) in [5.74, 6) is 0.626. The topological polar surface area (TPSA) is 117 Å². The van der Waals surface area contributed by atoms with Gasteiger partial charge in [0.05, 0.1) is 11.7 Å². The zero-order valence-corrected chi connectivity index (χ0v) is 17.6. The van der Waals surface area contributed by atoms with E-state index in [1.54, 1.807) is 10.9 Å². The van der Waals surface area contributed by atoms with Crippen molar-refractivity contribution >= 4 is 22.8 Å². The van der Waals surface area contributed by atoms with Crippen molar-refractivity contribution in [2.24, 2.45) is 13.0 Å². The van der Waals surface area contributed by atoms with Crippen LogP contribution in [0.3, 0.4) is 0 Å². The number of hydrogen-bond donors (Lipinski definition) is 4. The largest absolute Gasteiger partial charge is 0.336 e. The summed E-state index contributed by atoms with van der Waals surface area (Å²) in [4.78, 5) is 32.8. The first kappa shape index (κ1) is 19.8. The van der Waals surface area contributed by atoms with Crippen LogP contribution in [0.4, 0.5) is 4.79 Å². The lowest BCUT2D eigenvalue weighted by molar-refractivity contribution is 0.0932. The van der Waals surface area contributed by atoms with Crippen LogP contribution in [0.15, 0.2) is 54.7 Å². The number of aromatic amines is 1. The highest BCUT2D eigenvalue weighted by Gasteiger charge is 2.23. The van der Waals surface area contributed by atoms with Gasteiger partial charge in [-0.1, -0.05) is 42.5 Å². The van der Waals surface area contributed by atoms with E-state index in [0.29, 0.717) is 24.0 Å². The lowest BCUT2D eigenvalue weighted by atomic mass is 10.1. The minimum atomic E-state index is -0.485. The van der Waals surface area contributed by atoms with E-state index in [2.05, 4.69) is 26.3 Å². The number of fused-ring (bicyclic) bond motifs is 1. The van der Waals surface area contributed by atoms with Gasteiger partial charge in [-0.3, -0.25) is 14.9 Å². The molecule has 4 aromatic rings. The van der Waals surface area contributed by atoms with Crippen LogP contribution in [0.1, 0.15) is 23.3 Å². The molecule has 0 aliphatic heterocycles. The van der Waals surface area contributed by atoms with Crippen molar-refractivity contribution in [3.05, 3.63) is 60.4 Å². The van der Waals surface area contributed by atoms with Gasteiger partial charge in [-0.2, -0.15) is 5.10 Å². The number of hydrazine groups is 1. The Morgan fingerprint density at radius 1 is 1.09 bits per heavy atom. The van der Waals surface area contributed by atoms with Crippen LogP contribution >= 0.6 is 0 Å². The van der Waals surface area contributed by atoms with Crippen LogP contribution in [0.5, 0.6) is 0 Å². The Bertz CT molecular complexity index is 1290. The number of carbonyl (C=O) groups is 2. The number of aromatic nitrogens is 4. The highest BCUT2D eigenvalue weighted by molar-refractivity contribution is 6.00. The summed E-state index contributed by atoms with van der Waals surface area (Å²) >= 11 is 0. The molecule has 3 amide bonds. The number of benzene rings is 2. The average Bonchev–Trinajstić information content (AvgIpc) is 3.43. The fourth-order valence-corrected chi connectivity index (χ4v) is 3.55. The Morgan fingerprint density at radius 2 is 1.91 bits per heavy atom. The van der Waals surface area contributed by atoms with E-state index in [-0.39, 0.29) is 5.69 Å². The molecule has 5 rings (SSSR count). The van der Waals surface area contributed by atoms with E-state index >= 15 is 0 Å². The molecule has 4 N–H and O–H groups in total. The van der Waals surface area contributed by atoms with E-state index in [9.17, 15) is 9.59 Å². The lowest BCUT2D eigenvalue weighted by Crippen LogP contribution is -2.47. The summed E-state index contributed by atoms with van der Waals surface area (Å²) in [5, 5.41) is 8.03. The van der Waals surface area contributed by atoms with Crippen LogP contribution in [-0.2, 0) is 7.05 Å². The molecule has 2 aromatic heterocycles. The van der Waals surface area contributed by atoms with E-state index in [1.165, 1.54) is 0 Å². The summed E-state index contributed by atoms with van der Waals surface area (Å²) in [6.45, 7) is 0.611. The summed E-state index contributed by atoms with van der Waals surface area (Å²) in [6, 6.07) is 14.9. The molecule has 0 radical (unpaired) electrons. The van der Waals surface area contributed by atoms with Gasteiger partial charge in [0.1, 0.15) is 17.2 Å². The van der Waals surface area contributed by atoms with Crippen molar-refractivity contribution in [2.75, 3.05) is 6.54 Å². The van der Waals surface area contributed by atoms with Gasteiger partial charge in [-0.25, -0.2) is 15.2 Å². The third kappa shape index (κ3) is 4.04. The quantitative estimate of drug-likeness (QED) is 0.365. The standard InChI is InChI=1S/C23H23N7O2/c1-30-18-11-16(9-10-17(18)13-25-30)19-20(27-21(26-19)15-5-3-2-4-6-15)22(31)28-29-23(32)24-12-14-7-8-14/h2-6,9-11,13-14H,7-8,12H2,1H3,(H,26,27)(H,28,31)(H2,24,29,32). The number of aryl methyl sites for hydroxylation is 1. The molecule has 9 heteroatoms. The van der Waals surface area contributed by atoms with Crippen LogP contribution < -0.4 is 16.2 Å². The molecule has 0 unspecified atom stereocenters. The molecular formula is C23H23N7O2. The smallest absolute Gasteiger partial charge is 0.333 e. The van der Waals surface area contributed by atoms with E-state index in [0.717, 1.165) is 34.9 Å². The number of carbonyl (C=O) groups excluding carboxylic acids is 2. The molecule has 0 atom stereocenters. The summed E-state index contributed by atoms with van der Waals surface area (Å²) in [7, 11) is 1.86. The number of urea groups is 1. The first-order chi connectivity index (χ1) is 15.6. The van der Waals surface area contributed by atoms with Gasteiger partial charge in [0, 0.05) is 30.1 Å². The second-order valence-corrected chi connectivity index (χ2v) is 7.95. The molecule has 2 aromatic carbocycles. The van der Waals surface area contributed by atoms with Gasteiger partial charge in [0.2, 0.25) is 0 Å². The SMILES string of the molecule is Cn1ncc2ccc(-c3nc(-c4ccccc4)[nH]c3C(=O)NNC(=O)NCC3CC3)cc21. The van der Waals surface area contributed by atoms with Gasteiger partial charge in [0.15, 0.2) is 0 Å². The zero-order valence-electron chi connectivity index (χ0n) is 17.6. The van der Waals surface area contributed by atoms with Gasteiger partial charge in [-0.05, 0) is 24.8 Å². The van der Waals surface area contributed by atoms with E-state index < -0.39 is 11.9 Å². The second kappa shape index (κ2) is 8.18. The molecule has 1 fully saturated rings. The summed E-state index contributed by atoms with van der Waals surface area (Å²) in [6.07, 6.45) is 4.05. The first-order valence-corrected chi connectivity index (χ1v) is 10.5. The molecular weight excluding hydrogens is 406 g/mol. The molecule has 9 nitrogen and oxygen atoms in total. The second-order valence-electron chi connectivity index (χ2n) is 7.95. The van der Waals surface area contributed by atoms with Gasteiger partial charge < -0.3 is 10.3 Å². The van der Waals surface area contributed by atoms with Crippen molar-refractivity contribution in [3.63, 3.8) is 0 Å². The fourth-order valence-electron chi connectivity index (χ4n) is 3.55. The van der Waals surface area contributed by atoms with Gasteiger partial charge >= 0.3 is 6.03 Å². The summed E-state index contributed by atoms with van der Waals surface area (Å²) < 4.78 is 1.77. The monoisotopic (exact) mass is 429 g/mol. The molecule has 162 valence electrons. The van der Waals surface area contributed by atoms with E-state index in [1.807, 2.05) is 55.6 Å². The molecule has 1 saturated carbocycles. The molecule has 0 bridgehead atoms.